The lowest BCUT2D eigenvalue weighted by Gasteiger charge is -2.59. The molecule has 0 aromatic carbocycles. The van der Waals surface area contributed by atoms with Crippen molar-refractivity contribution in [2.75, 3.05) is 20.7 Å². The van der Waals surface area contributed by atoms with Gasteiger partial charge in [-0.25, -0.2) is 4.79 Å². The third-order valence-electron chi connectivity index (χ3n) is 7.66. The van der Waals surface area contributed by atoms with Gasteiger partial charge in [0.2, 0.25) is 0 Å². The van der Waals surface area contributed by atoms with Crippen LogP contribution in [-0.2, 0) is 23.8 Å². The van der Waals surface area contributed by atoms with Gasteiger partial charge in [-0.2, -0.15) is 0 Å². The van der Waals surface area contributed by atoms with Crippen molar-refractivity contribution in [2.45, 2.75) is 91.3 Å². The zero-order valence-electron chi connectivity index (χ0n) is 21.2. The third kappa shape index (κ3) is 4.49. The van der Waals surface area contributed by atoms with Crippen LogP contribution in [0.3, 0.4) is 0 Å². The molecule has 0 radical (unpaired) electrons. The van der Waals surface area contributed by atoms with Gasteiger partial charge in [0.1, 0.15) is 18.0 Å². The average Bonchev–Trinajstić information content (AvgIpc) is 2.98. The van der Waals surface area contributed by atoms with Crippen molar-refractivity contribution in [2.24, 2.45) is 16.7 Å². The molecule has 0 aromatic rings. The van der Waals surface area contributed by atoms with Gasteiger partial charge in [-0.05, 0) is 44.6 Å². The molecule has 33 heavy (non-hydrogen) atoms. The number of aliphatic hydroxyl groups is 1. The number of amides is 1. The number of Topliss-reactive ketones (excluding diaryl/α,β-unsaturated/α-hetero) is 2. The number of fused-ring (bicyclic) bond motifs is 3. The fourth-order valence-corrected chi connectivity index (χ4v) is 6.42. The van der Waals surface area contributed by atoms with Gasteiger partial charge in [-0.3, -0.25) is 9.59 Å². The standard InChI is InChI=1S/C25H39NO7/c1-14-18(16(29)13-15(28)10-12-27)25(6)17(31-22(30)26(7)8)9-11-23(2,3)21(25)20-19(14)32-24(4,5)33-20/h17,19-21,27H,9-13H2,1-8H3/t17-,19+,20+,21-,25+/m0/s1. The van der Waals surface area contributed by atoms with Crippen molar-refractivity contribution in [3.05, 3.63) is 11.1 Å². The topological polar surface area (TPSA) is 102 Å². The van der Waals surface area contributed by atoms with Crippen LogP contribution in [0, 0.1) is 16.7 Å². The SMILES string of the molecule is CC1=C(C(=O)CC(=O)CCO)[C@@]2(C)[C@@H](OC(=O)N(C)C)CCC(C)(C)[C@@H]2[C@@H]2OC(C)(C)O[C@H]12. The fraction of sp³-hybridized carbons (Fsp3) is 0.800. The number of aliphatic hydroxyl groups excluding tert-OH is 1. The highest BCUT2D eigenvalue weighted by Crippen LogP contribution is 2.63. The van der Waals surface area contributed by atoms with Gasteiger partial charge < -0.3 is 24.2 Å². The van der Waals surface area contributed by atoms with E-state index in [0.29, 0.717) is 12.0 Å². The van der Waals surface area contributed by atoms with E-state index in [0.717, 1.165) is 12.0 Å². The lowest BCUT2D eigenvalue weighted by molar-refractivity contribution is -0.178. The van der Waals surface area contributed by atoms with Gasteiger partial charge in [-0.1, -0.05) is 20.8 Å². The summed E-state index contributed by atoms with van der Waals surface area (Å²) in [6, 6.07) is 0. The van der Waals surface area contributed by atoms with Gasteiger partial charge in [0, 0.05) is 44.0 Å². The summed E-state index contributed by atoms with van der Waals surface area (Å²) in [5.74, 6) is -1.62. The largest absolute Gasteiger partial charge is 0.445 e. The van der Waals surface area contributed by atoms with Crippen molar-refractivity contribution < 1.29 is 33.7 Å². The van der Waals surface area contributed by atoms with Crippen LogP contribution in [0.2, 0.25) is 0 Å². The number of ether oxygens (including phenoxy) is 3. The monoisotopic (exact) mass is 465 g/mol. The van der Waals surface area contributed by atoms with E-state index < -0.39 is 29.5 Å². The normalized spacial score (nSPS) is 34.3. The fourth-order valence-electron chi connectivity index (χ4n) is 6.42. The van der Waals surface area contributed by atoms with Gasteiger partial charge in [-0.15, -0.1) is 0 Å². The number of hydrogen-bond donors (Lipinski definition) is 1. The van der Waals surface area contributed by atoms with Crippen LogP contribution in [0.25, 0.3) is 0 Å². The van der Waals surface area contributed by atoms with Crippen LogP contribution in [0.15, 0.2) is 11.1 Å². The predicted octanol–water partition coefficient (Wildman–Crippen LogP) is 3.26. The Kier molecular flexibility index (Phi) is 6.88. The quantitative estimate of drug-likeness (QED) is 0.601. The molecule has 1 N–H and O–H groups in total. The Hall–Kier alpha value is -1.77. The Balaban J connectivity index is 2.18. The van der Waals surface area contributed by atoms with E-state index in [2.05, 4.69) is 13.8 Å². The first-order valence-electron chi connectivity index (χ1n) is 11.8. The van der Waals surface area contributed by atoms with Gasteiger partial charge in [0.15, 0.2) is 11.6 Å². The summed E-state index contributed by atoms with van der Waals surface area (Å²) in [6.07, 6.45) is -0.746. The molecule has 1 saturated carbocycles. The summed E-state index contributed by atoms with van der Waals surface area (Å²) < 4.78 is 18.7. The highest BCUT2D eigenvalue weighted by atomic mass is 16.8. The molecule has 0 aromatic heterocycles. The molecule has 0 spiro atoms. The minimum absolute atomic E-state index is 0.0680. The maximum Gasteiger partial charge on any atom is 0.409 e. The molecule has 1 saturated heterocycles. The van der Waals surface area contributed by atoms with Crippen molar-refractivity contribution in [3.8, 4) is 0 Å². The van der Waals surface area contributed by atoms with Gasteiger partial charge >= 0.3 is 6.09 Å². The molecule has 2 aliphatic carbocycles. The second-order valence-corrected chi connectivity index (χ2v) is 11.2. The molecule has 3 aliphatic rings. The van der Waals surface area contributed by atoms with Gasteiger partial charge in [0.05, 0.1) is 12.5 Å². The number of carbonyl (C=O) groups excluding carboxylic acids is 3. The first-order valence-corrected chi connectivity index (χ1v) is 11.8. The molecule has 3 rings (SSSR count). The van der Waals surface area contributed by atoms with E-state index in [9.17, 15) is 14.4 Å². The molecule has 8 heteroatoms. The average molecular weight is 466 g/mol. The first-order chi connectivity index (χ1) is 15.2. The van der Waals surface area contributed by atoms with Crippen molar-refractivity contribution in [1.29, 1.82) is 0 Å². The molecular formula is C25H39NO7. The highest BCUT2D eigenvalue weighted by Gasteiger charge is 2.66. The third-order valence-corrected chi connectivity index (χ3v) is 7.66. The Bertz CT molecular complexity index is 859. The number of hydrogen-bond acceptors (Lipinski definition) is 7. The number of rotatable bonds is 6. The summed E-state index contributed by atoms with van der Waals surface area (Å²) in [7, 11) is 3.26. The van der Waals surface area contributed by atoms with Crippen LogP contribution in [0.5, 0.6) is 0 Å². The molecule has 1 heterocycles. The van der Waals surface area contributed by atoms with E-state index in [4.69, 9.17) is 19.3 Å². The molecule has 186 valence electrons. The van der Waals surface area contributed by atoms with Crippen molar-refractivity contribution >= 4 is 17.7 Å². The van der Waals surface area contributed by atoms with Crippen LogP contribution in [0.1, 0.15) is 67.2 Å². The van der Waals surface area contributed by atoms with Crippen molar-refractivity contribution in [3.63, 3.8) is 0 Å². The minimum atomic E-state index is -0.862. The van der Waals surface area contributed by atoms with E-state index in [1.54, 1.807) is 14.1 Å². The van der Waals surface area contributed by atoms with Crippen molar-refractivity contribution in [1.82, 2.24) is 4.90 Å². The van der Waals surface area contributed by atoms with Crippen LogP contribution < -0.4 is 0 Å². The van der Waals surface area contributed by atoms with Crippen LogP contribution in [0.4, 0.5) is 4.79 Å². The maximum atomic E-state index is 13.7. The smallest absolute Gasteiger partial charge is 0.409 e. The Morgan fingerprint density at radius 2 is 1.76 bits per heavy atom. The second kappa shape index (κ2) is 8.78. The van der Waals surface area contributed by atoms with Crippen LogP contribution in [-0.4, -0.2) is 72.5 Å². The minimum Gasteiger partial charge on any atom is -0.445 e. The highest BCUT2D eigenvalue weighted by molar-refractivity contribution is 6.09. The molecule has 1 amide bonds. The molecule has 5 atom stereocenters. The lowest BCUT2D eigenvalue weighted by Crippen LogP contribution is -2.62. The molecule has 0 bridgehead atoms. The van der Waals surface area contributed by atoms with E-state index in [1.807, 2.05) is 27.7 Å². The number of carbonyl (C=O) groups is 3. The zero-order valence-corrected chi connectivity index (χ0v) is 21.2. The van der Waals surface area contributed by atoms with E-state index >= 15 is 0 Å². The Morgan fingerprint density at radius 1 is 1.12 bits per heavy atom. The molecule has 1 aliphatic heterocycles. The predicted molar refractivity (Wildman–Crippen MR) is 121 cm³/mol. The first kappa shape index (κ1) is 25.8. The molecule has 0 unspecified atom stereocenters. The lowest BCUT2D eigenvalue weighted by atomic mass is 9.47. The number of ketones is 2. The van der Waals surface area contributed by atoms with Crippen LogP contribution >= 0.6 is 0 Å². The maximum absolute atomic E-state index is 13.7. The second-order valence-electron chi connectivity index (χ2n) is 11.2. The summed E-state index contributed by atoms with van der Waals surface area (Å²) >= 11 is 0. The summed E-state index contributed by atoms with van der Waals surface area (Å²) in [5, 5.41) is 9.15. The van der Waals surface area contributed by atoms with E-state index in [1.165, 1.54) is 4.90 Å². The zero-order chi connectivity index (χ0) is 24.9. The molecule has 8 nitrogen and oxygen atoms in total. The molecule has 2 fully saturated rings. The number of nitrogens with zero attached hydrogens (tertiary/aromatic N) is 1. The summed E-state index contributed by atoms with van der Waals surface area (Å²) in [4.78, 5) is 40.0. The molecular weight excluding hydrogens is 426 g/mol. The Morgan fingerprint density at radius 3 is 2.33 bits per heavy atom. The summed E-state index contributed by atoms with van der Waals surface area (Å²) in [6.45, 7) is 11.6. The summed E-state index contributed by atoms with van der Waals surface area (Å²) in [5.41, 5.74) is 0.142. The van der Waals surface area contributed by atoms with E-state index in [-0.39, 0.29) is 48.5 Å². The Labute approximate surface area is 196 Å². The van der Waals surface area contributed by atoms with Gasteiger partial charge in [0.25, 0.3) is 0 Å².